The third-order valence-electron chi connectivity index (χ3n) is 4.50. The van der Waals surface area contributed by atoms with Crippen LogP contribution in [0, 0.1) is 6.92 Å². The van der Waals surface area contributed by atoms with Gasteiger partial charge in [-0.15, -0.1) is 0 Å². The zero-order valence-electron chi connectivity index (χ0n) is 15.1. The molecule has 28 heavy (non-hydrogen) atoms. The summed E-state index contributed by atoms with van der Waals surface area (Å²) in [6.07, 6.45) is -0.221. The smallest absolute Gasteiger partial charge is 0.185 e. The number of halogens is 2. The first-order valence-electron chi connectivity index (χ1n) is 8.63. The molecule has 0 saturated carbocycles. The molecule has 0 fully saturated rings. The predicted octanol–water partition coefficient (Wildman–Crippen LogP) is 6.09. The lowest BCUT2D eigenvalue weighted by Crippen LogP contribution is -2.18. The molecule has 0 aliphatic carbocycles. The lowest BCUT2D eigenvalue weighted by molar-refractivity contribution is 0.0981. The summed E-state index contributed by atoms with van der Waals surface area (Å²) in [6, 6.07) is 19.8. The van der Waals surface area contributed by atoms with E-state index in [0.717, 1.165) is 5.56 Å². The number of carbonyl (C=O) groups excluding carboxylic acids is 1. The number of hydrogen-bond acceptors (Lipinski definition) is 3. The molecule has 3 rings (SSSR count). The fraction of sp³-hybridized carbons (Fsp3) is 0.136. The van der Waals surface area contributed by atoms with Crippen LogP contribution in [0.5, 0.6) is 0 Å². The van der Waals surface area contributed by atoms with E-state index in [9.17, 15) is 13.2 Å². The van der Waals surface area contributed by atoms with Crippen LogP contribution in [0.1, 0.15) is 33.2 Å². The molecule has 144 valence electrons. The van der Waals surface area contributed by atoms with Crippen LogP contribution in [0.15, 0.2) is 77.7 Å². The van der Waals surface area contributed by atoms with Gasteiger partial charge in [0, 0.05) is 22.0 Å². The van der Waals surface area contributed by atoms with Crippen LogP contribution >= 0.6 is 23.2 Å². The standard InChI is InChI=1S/C22H18Cl2O3S/c1-15-7-10-18(11-8-15)28(26,27)22(19-12-9-17(23)13-20(19)24)14-21(25)16-5-3-2-4-6-16/h2-13,22H,14H2,1H3/t22-/m0/s1. The molecule has 0 aliphatic heterocycles. The number of benzene rings is 3. The lowest BCUT2D eigenvalue weighted by Gasteiger charge is -2.19. The van der Waals surface area contributed by atoms with E-state index in [4.69, 9.17) is 23.2 Å². The molecule has 0 heterocycles. The van der Waals surface area contributed by atoms with Crippen molar-refractivity contribution in [1.29, 1.82) is 0 Å². The van der Waals surface area contributed by atoms with Crippen molar-refractivity contribution >= 4 is 38.8 Å². The fourth-order valence-corrected chi connectivity index (χ4v) is 5.31. The Hall–Kier alpha value is -2.14. The molecule has 0 radical (unpaired) electrons. The minimum absolute atomic E-state index is 0.148. The predicted molar refractivity (Wildman–Crippen MR) is 113 cm³/mol. The largest absolute Gasteiger partial charge is 0.294 e. The van der Waals surface area contributed by atoms with Crippen LogP contribution in [0.25, 0.3) is 0 Å². The Labute approximate surface area is 174 Å². The van der Waals surface area contributed by atoms with Crippen LogP contribution < -0.4 is 0 Å². The van der Waals surface area contributed by atoms with Gasteiger partial charge in [0.25, 0.3) is 0 Å². The maximum Gasteiger partial charge on any atom is 0.185 e. The van der Waals surface area contributed by atoms with Crippen molar-refractivity contribution in [2.24, 2.45) is 0 Å². The Kier molecular flexibility index (Phi) is 6.23. The van der Waals surface area contributed by atoms with Crippen LogP contribution in [0.4, 0.5) is 0 Å². The summed E-state index contributed by atoms with van der Waals surface area (Å²) in [5.74, 6) is -0.271. The minimum atomic E-state index is -3.86. The second-order valence-electron chi connectivity index (χ2n) is 6.51. The van der Waals surface area contributed by atoms with Gasteiger partial charge in [-0.2, -0.15) is 0 Å². The maximum atomic E-state index is 13.4. The van der Waals surface area contributed by atoms with Crippen molar-refractivity contribution in [1.82, 2.24) is 0 Å². The van der Waals surface area contributed by atoms with Gasteiger partial charge in [-0.05, 0) is 36.8 Å². The Balaban J connectivity index is 2.08. The average molecular weight is 433 g/mol. The molecular weight excluding hydrogens is 415 g/mol. The van der Waals surface area contributed by atoms with E-state index < -0.39 is 15.1 Å². The zero-order valence-corrected chi connectivity index (χ0v) is 17.4. The molecular formula is C22H18Cl2O3S. The summed E-state index contributed by atoms with van der Waals surface area (Å²) in [7, 11) is -3.86. The first kappa shape index (κ1) is 20.6. The molecule has 3 nitrogen and oxygen atoms in total. The van der Waals surface area contributed by atoms with Crippen LogP contribution in [0.3, 0.4) is 0 Å². The number of carbonyl (C=O) groups is 1. The maximum absolute atomic E-state index is 13.4. The topological polar surface area (TPSA) is 51.2 Å². The second kappa shape index (κ2) is 8.48. The summed E-state index contributed by atoms with van der Waals surface area (Å²) in [4.78, 5) is 13.0. The van der Waals surface area contributed by atoms with Gasteiger partial charge in [-0.3, -0.25) is 4.79 Å². The molecule has 6 heteroatoms. The number of rotatable bonds is 6. The van der Waals surface area contributed by atoms with Crippen LogP contribution in [-0.2, 0) is 9.84 Å². The quantitative estimate of drug-likeness (QED) is 0.442. The van der Waals surface area contributed by atoms with Gasteiger partial charge in [-0.1, -0.05) is 77.3 Å². The molecule has 1 atom stereocenters. The number of Topliss-reactive ketones (excluding diaryl/α,β-unsaturated/α-hetero) is 1. The van der Waals surface area contributed by atoms with E-state index in [2.05, 4.69) is 0 Å². The molecule has 0 bridgehead atoms. The summed E-state index contributed by atoms with van der Waals surface area (Å²) >= 11 is 12.3. The highest BCUT2D eigenvalue weighted by Gasteiger charge is 2.33. The summed E-state index contributed by atoms with van der Waals surface area (Å²) in [5.41, 5.74) is 1.76. The van der Waals surface area contributed by atoms with Crippen molar-refractivity contribution in [3.63, 3.8) is 0 Å². The molecule has 3 aromatic carbocycles. The van der Waals surface area contributed by atoms with Gasteiger partial charge in [-0.25, -0.2) is 8.42 Å². The number of sulfone groups is 1. The first-order valence-corrected chi connectivity index (χ1v) is 10.9. The molecule has 0 saturated heterocycles. The van der Waals surface area contributed by atoms with E-state index in [0.29, 0.717) is 16.1 Å². The molecule has 0 aromatic heterocycles. The van der Waals surface area contributed by atoms with Crippen molar-refractivity contribution in [3.05, 3.63) is 99.5 Å². The SMILES string of the molecule is Cc1ccc(S(=O)(=O)[C@@H](CC(=O)c2ccccc2)c2ccc(Cl)cc2Cl)cc1. The molecule has 0 aliphatic rings. The van der Waals surface area contributed by atoms with Gasteiger partial charge in [0.2, 0.25) is 0 Å². The van der Waals surface area contributed by atoms with Gasteiger partial charge < -0.3 is 0 Å². The van der Waals surface area contributed by atoms with Crippen LogP contribution in [-0.4, -0.2) is 14.2 Å². The third-order valence-corrected chi connectivity index (χ3v) is 7.16. The summed E-state index contributed by atoms with van der Waals surface area (Å²) < 4.78 is 26.8. The average Bonchev–Trinajstić information content (AvgIpc) is 2.67. The molecule has 0 spiro atoms. The molecule has 3 aromatic rings. The number of hydrogen-bond donors (Lipinski definition) is 0. The number of ketones is 1. The molecule has 0 unspecified atom stereocenters. The van der Waals surface area contributed by atoms with E-state index in [1.807, 2.05) is 6.92 Å². The Bertz CT molecular complexity index is 1090. The third kappa shape index (κ3) is 4.46. The van der Waals surface area contributed by atoms with Crippen molar-refractivity contribution < 1.29 is 13.2 Å². The van der Waals surface area contributed by atoms with Gasteiger partial charge in [0.1, 0.15) is 0 Å². The Morgan fingerprint density at radius 2 is 1.57 bits per heavy atom. The number of aryl methyl sites for hydroxylation is 1. The highest BCUT2D eigenvalue weighted by molar-refractivity contribution is 7.91. The lowest BCUT2D eigenvalue weighted by atomic mass is 10.0. The van der Waals surface area contributed by atoms with Crippen molar-refractivity contribution in [2.45, 2.75) is 23.5 Å². The normalized spacial score (nSPS) is 12.5. The summed E-state index contributed by atoms with van der Waals surface area (Å²) in [5, 5.41) is -0.503. The molecule has 0 amide bonds. The van der Waals surface area contributed by atoms with Crippen molar-refractivity contribution in [3.8, 4) is 0 Å². The van der Waals surface area contributed by atoms with E-state index >= 15 is 0 Å². The fourth-order valence-electron chi connectivity index (χ4n) is 2.95. The van der Waals surface area contributed by atoms with Crippen molar-refractivity contribution in [2.75, 3.05) is 0 Å². The first-order chi connectivity index (χ1) is 13.3. The Morgan fingerprint density at radius 3 is 2.18 bits per heavy atom. The van der Waals surface area contributed by atoms with Gasteiger partial charge >= 0.3 is 0 Å². The van der Waals surface area contributed by atoms with E-state index in [1.165, 1.54) is 6.07 Å². The van der Waals surface area contributed by atoms with Gasteiger partial charge in [0.05, 0.1) is 10.1 Å². The van der Waals surface area contributed by atoms with E-state index in [-0.39, 0.29) is 22.1 Å². The second-order valence-corrected chi connectivity index (χ2v) is 9.48. The van der Waals surface area contributed by atoms with E-state index in [1.54, 1.807) is 66.7 Å². The van der Waals surface area contributed by atoms with Gasteiger partial charge in [0.15, 0.2) is 15.6 Å². The highest BCUT2D eigenvalue weighted by atomic mass is 35.5. The zero-order chi connectivity index (χ0) is 20.3. The summed E-state index contributed by atoms with van der Waals surface area (Å²) in [6.45, 7) is 1.88. The highest BCUT2D eigenvalue weighted by Crippen LogP contribution is 2.37. The Morgan fingerprint density at radius 1 is 0.929 bits per heavy atom. The van der Waals surface area contributed by atoms with Crippen LogP contribution in [0.2, 0.25) is 10.0 Å². The molecule has 0 N–H and O–H groups in total. The minimum Gasteiger partial charge on any atom is -0.294 e. The monoisotopic (exact) mass is 432 g/mol.